The highest BCUT2D eigenvalue weighted by molar-refractivity contribution is 7.16. The van der Waals surface area contributed by atoms with Crippen LogP contribution in [0.4, 0.5) is 13.2 Å². The number of hydrogen-bond donors (Lipinski definition) is 0. The lowest BCUT2D eigenvalue weighted by Crippen LogP contribution is -2.69. The Morgan fingerprint density at radius 2 is 1.10 bits per heavy atom. The Morgan fingerprint density at radius 3 is 1.35 bits per heavy atom. The Kier molecular flexibility index (Phi) is 6.62. The van der Waals surface area contributed by atoms with E-state index in [1.54, 1.807) is 22.7 Å². The van der Waals surface area contributed by atoms with E-state index >= 15 is 0 Å². The SMILES string of the molecule is Cc1cc(B(c2csc(C)c2)c2c([Si](C)(C)C)cc(C(F)(F)F)cc2[Si](C)(C)C)cs1. The van der Waals surface area contributed by atoms with Gasteiger partial charge in [0.1, 0.15) is 0 Å². The van der Waals surface area contributed by atoms with Crippen LogP contribution in [0, 0.1) is 13.8 Å². The molecule has 2 aromatic heterocycles. The molecule has 31 heavy (non-hydrogen) atoms. The van der Waals surface area contributed by atoms with Crippen LogP contribution in [0.5, 0.6) is 0 Å². The Hall–Kier alpha value is -1.09. The molecule has 0 bridgehead atoms. The van der Waals surface area contributed by atoms with E-state index in [2.05, 4.69) is 76.0 Å². The number of aryl methyl sites for hydroxylation is 2. The van der Waals surface area contributed by atoms with Crippen LogP contribution in [0.15, 0.2) is 35.0 Å². The molecule has 0 N–H and O–H groups in total. The van der Waals surface area contributed by atoms with E-state index < -0.39 is 27.9 Å². The van der Waals surface area contributed by atoms with Gasteiger partial charge in [0.15, 0.2) is 0 Å². The highest BCUT2D eigenvalue weighted by Crippen LogP contribution is 2.29. The predicted molar refractivity (Wildman–Crippen MR) is 140 cm³/mol. The minimum atomic E-state index is -4.34. The summed E-state index contributed by atoms with van der Waals surface area (Å²) in [7, 11) is -4.17. The quantitative estimate of drug-likeness (QED) is 0.436. The molecule has 2 heterocycles. The fourth-order valence-corrected chi connectivity index (χ4v) is 9.06. The minimum absolute atomic E-state index is 0.0272. The summed E-state index contributed by atoms with van der Waals surface area (Å²) in [6.45, 7) is 17.1. The molecule has 0 nitrogen and oxygen atoms in total. The number of thiophene rings is 2. The van der Waals surface area contributed by atoms with Gasteiger partial charge in [-0.2, -0.15) is 13.2 Å². The molecule has 0 radical (unpaired) electrons. The van der Waals surface area contributed by atoms with Crippen molar-refractivity contribution in [1.29, 1.82) is 0 Å². The van der Waals surface area contributed by atoms with Crippen molar-refractivity contribution in [3.8, 4) is 0 Å². The van der Waals surface area contributed by atoms with E-state index in [4.69, 9.17) is 0 Å². The van der Waals surface area contributed by atoms with Crippen molar-refractivity contribution in [1.82, 2.24) is 0 Å². The summed E-state index contributed by atoms with van der Waals surface area (Å²) in [6.07, 6.45) is -4.34. The van der Waals surface area contributed by atoms with E-state index in [-0.39, 0.29) is 6.71 Å². The molecule has 0 aliphatic rings. The van der Waals surface area contributed by atoms with E-state index in [9.17, 15) is 13.2 Å². The van der Waals surface area contributed by atoms with Gasteiger partial charge >= 0.3 is 6.18 Å². The molecule has 166 valence electrons. The van der Waals surface area contributed by atoms with Crippen molar-refractivity contribution >= 4 is 72.3 Å². The van der Waals surface area contributed by atoms with Gasteiger partial charge in [-0.25, -0.2) is 0 Å². The van der Waals surface area contributed by atoms with Crippen LogP contribution in [0.1, 0.15) is 15.3 Å². The molecular weight excluding hydrogens is 464 g/mol. The fraction of sp³-hybridized carbons (Fsp3) is 0.391. The van der Waals surface area contributed by atoms with Gasteiger partial charge in [0.05, 0.1) is 21.7 Å². The van der Waals surface area contributed by atoms with E-state index in [0.717, 1.165) is 15.8 Å². The van der Waals surface area contributed by atoms with Crippen molar-refractivity contribution in [3.63, 3.8) is 0 Å². The third-order valence-corrected chi connectivity index (χ3v) is 11.4. The number of hydrogen-bond acceptors (Lipinski definition) is 2. The number of alkyl halides is 3. The maximum absolute atomic E-state index is 13.9. The molecule has 3 rings (SSSR count). The molecule has 0 saturated carbocycles. The first-order chi connectivity index (χ1) is 14.1. The van der Waals surface area contributed by atoms with Gasteiger partial charge in [0.2, 0.25) is 6.71 Å². The smallest absolute Gasteiger partial charge is 0.166 e. The summed E-state index contributed by atoms with van der Waals surface area (Å²) >= 11 is 3.42. The van der Waals surface area contributed by atoms with E-state index in [1.807, 2.05) is 0 Å². The van der Waals surface area contributed by atoms with Crippen LogP contribution in [-0.4, -0.2) is 22.9 Å². The van der Waals surface area contributed by atoms with Crippen LogP contribution in [0.3, 0.4) is 0 Å². The first-order valence-corrected chi connectivity index (χ1v) is 19.2. The van der Waals surface area contributed by atoms with Gasteiger partial charge in [-0.15, -0.1) is 22.7 Å². The fourth-order valence-electron chi connectivity index (χ4n) is 4.12. The summed E-state index contributed by atoms with van der Waals surface area (Å²) < 4.78 is 41.8. The maximum Gasteiger partial charge on any atom is 0.416 e. The molecule has 0 spiro atoms. The first-order valence-electron chi connectivity index (χ1n) is 10.4. The number of halogens is 3. The number of benzene rings is 1. The Labute approximate surface area is 194 Å². The van der Waals surface area contributed by atoms with E-state index in [1.165, 1.54) is 32.8 Å². The van der Waals surface area contributed by atoms with Crippen molar-refractivity contribution < 1.29 is 13.2 Å². The summed E-state index contributed by atoms with van der Waals surface area (Å²) in [5.41, 5.74) is 3.04. The van der Waals surface area contributed by atoms with Crippen LogP contribution < -0.4 is 26.8 Å². The lowest BCUT2D eigenvalue weighted by atomic mass is 9.37. The van der Waals surface area contributed by atoms with Gasteiger partial charge in [0.25, 0.3) is 0 Å². The van der Waals surface area contributed by atoms with Crippen molar-refractivity contribution in [2.45, 2.75) is 59.3 Å². The third-order valence-electron chi connectivity index (χ3n) is 5.58. The molecule has 3 aromatic rings. The Bertz CT molecular complexity index is 1010. The second-order valence-corrected chi connectivity index (χ2v) is 22.7. The van der Waals surface area contributed by atoms with E-state index in [0.29, 0.717) is 0 Å². The standard InChI is InChI=1S/C23H30BF3S2Si2/c1-15-9-18(13-28-15)24(19-10-16(2)29-14-19)22-20(30(3,4)5)11-17(23(25,26)27)12-21(22)31(6,7)8/h9-14H,1-8H3. The average molecular weight is 495 g/mol. The molecule has 8 heteroatoms. The highest BCUT2D eigenvalue weighted by Gasteiger charge is 2.40. The third kappa shape index (κ3) is 5.29. The summed E-state index contributed by atoms with van der Waals surface area (Å²) in [5, 5.41) is 6.26. The summed E-state index contributed by atoms with van der Waals surface area (Å²) in [5.74, 6) is 0. The lowest BCUT2D eigenvalue weighted by Gasteiger charge is -2.33. The minimum Gasteiger partial charge on any atom is -0.166 e. The molecule has 0 atom stereocenters. The highest BCUT2D eigenvalue weighted by atomic mass is 32.1. The molecule has 1 aromatic carbocycles. The summed E-state index contributed by atoms with van der Waals surface area (Å²) in [4.78, 5) is 2.45. The zero-order valence-corrected chi connectivity index (χ0v) is 23.1. The normalized spacial score (nSPS) is 13.0. The number of rotatable bonds is 5. The molecule has 0 aliphatic carbocycles. The first kappa shape index (κ1) is 24.5. The van der Waals surface area contributed by atoms with Crippen molar-refractivity contribution in [3.05, 3.63) is 50.3 Å². The molecule has 0 amide bonds. The molecule has 0 fully saturated rings. The van der Waals surface area contributed by atoms with Gasteiger partial charge in [-0.05, 0) is 24.6 Å². The van der Waals surface area contributed by atoms with Crippen molar-refractivity contribution in [2.75, 3.05) is 0 Å². The molecular formula is C23H30BF3S2Si2. The lowest BCUT2D eigenvalue weighted by molar-refractivity contribution is -0.137. The van der Waals surface area contributed by atoms with Gasteiger partial charge in [0, 0.05) is 9.75 Å². The van der Waals surface area contributed by atoms with Crippen LogP contribution in [0.25, 0.3) is 0 Å². The molecule has 0 saturated heterocycles. The zero-order valence-electron chi connectivity index (χ0n) is 19.5. The van der Waals surface area contributed by atoms with Crippen LogP contribution in [-0.2, 0) is 6.18 Å². The second-order valence-electron chi connectivity index (χ2n) is 10.4. The monoisotopic (exact) mass is 494 g/mol. The van der Waals surface area contributed by atoms with Crippen LogP contribution in [0.2, 0.25) is 39.3 Å². The Balaban J connectivity index is 2.47. The van der Waals surface area contributed by atoms with Crippen molar-refractivity contribution in [2.24, 2.45) is 0 Å². The largest absolute Gasteiger partial charge is 0.416 e. The average Bonchev–Trinajstić information content (AvgIpc) is 3.21. The zero-order chi connectivity index (χ0) is 23.4. The Morgan fingerprint density at radius 1 is 0.710 bits per heavy atom. The topological polar surface area (TPSA) is 0 Å². The van der Waals surface area contributed by atoms with Crippen LogP contribution >= 0.6 is 22.7 Å². The maximum atomic E-state index is 13.9. The van der Waals surface area contributed by atoms with Gasteiger partial charge in [-0.3, -0.25) is 0 Å². The van der Waals surface area contributed by atoms with Gasteiger partial charge in [-0.1, -0.05) is 90.3 Å². The predicted octanol–water partition coefficient (Wildman–Crippen LogP) is 5.05. The molecule has 0 unspecified atom stereocenters. The van der Waals surface area contributed by atoms with Gasteiger partial charge < -0.3 is 0 Å². The second kappa shape index (κ2) is 8.36. The molecule has 0 aliphatic heterocycles. The summed E-state index contributed by atoms with van der Waals surface area (Å²) in [6, 6.07) is 7.36.